The zero-order chi connectivity index (χ0) is 20.6. The molecule has 1 saturated carbocycles. The maximum absolute atomic E-state index is 2.59. The number of hydrogen-bond donors (Lipinski definition) is 0. The molecule has 1 unspecified atom stereocenters. The Morgan fingerprint density at radius 1 is 0.931 bits per heavy atom. The second kappa shape index (κ2) is 8.30. The Morgan fingerprint density at radius 3 is 2.31 bits per heavy atom. The van der Waals surface area contributed by atoms with Crippen molar-refractivity contribution >= 4 is 6.08 Å². The summed E-state index contributed by atoms with van der Waals surface area (Å²) in [5.74, 6) is 0. The summed E-state index contributed by atoms with van der Waals surface area (Å²) in [7, 11) is 0. The predicted molar refractivity (Wildman–Crippen MR) is 122 cm³/mol. The summed E-state index contributed by atoms with van der Waals surface area (Å²) < 4.78 is 0.643. The molecule has 0 N–H and O–H groups in total. The van der Waals surface area contributed by atoms with Gasteiger partial charge < -0.3 is 0 Å². The molecule has 0 saturated heterocycles. The van der Waals surface area contributed by atoms with Crippen LogP contribution in [0.2, 0.25) is 0 Å². The first-order chi connectivity index (χ1) is 13.8. The van der Waals surface area contributed by atoms with Crippen molar-refractivity contribution in [3.63, 3.8) is 0 Å². The van der Waals surface area contributed by atoms with E-state index in [1.165, 1.54) is 67.2 Å². The summed E-state index contributed by atoms with van der Waals surface area (Å²) in [6, 6.07) is 16.1. The first-order valence-electron chi connectivity index (χ1n) is 11.5. The fraction of sp³-hybridized carbons (Fsp3) is 0.500. The van der Waals surface area contributed by atoms with E-state index in [0.29, 0.717) is 9.04 Å². The molecule has 29 heavy (non-hydrogen) atoms. The van der Waals surface area contributed by atoms with E-state index >= 15 is 0 Å². The van der Waals surface area contributed by atoms with Crippen molar-refractivity contribution < 1.29 is 24.7 Å². The minimum atomic E-state index is 0.149. The van der Waals surface area contributed by atoms with Crippen LogP contribution in [0.1, 0.15) is 93.0 Å². The average Bonchev–Trinajstić information content (AvgIpc) is 3.03. The van der Waals surface area contributed by atoms with Gasteiger partial charge in [0.05, 0.1) is 0 Å². The molecule has 0 aromatic heterocycles. The average molecular weight is 463 g/mol. The summed E-state index contributed by atoms with van der Waals surface area (Å²) in [6.45, 7) is 9.42. The van der Waals surface area contributed by atoms with Gasteiger partial charge in [-0.2, -0.15) is 0 Å². The third-order valence-corrected chi connectivity index (χ3v) is 9.10. The molecule has 1 atom stereocenters. The number of rotatable bonds is 4. The van der Waals surface area contributed by atoms with Crippen LogP contribution in [0.15, 0.2) is 48.0 Å². The molecule has 2 aliphatic rings. The molecule has 0 amide bonds. The zero-order valence-corrected chi connectivity index (χ0v) is 21.1. The standard InChI is InChI=1S/C28H35.Zr/c1-5-28(16-9-6-10-17-28)20-21-18-22-12-11-14-23(25(22)19-21)24-13-7-8-15-26(24)27(2,3)4;/h7-8,11-15,18-19H,5-6,9-10,16-17,20H2,1-4H3;. The van der Waals surface area contributed by atoms with Crippen LogP contribution < -0.4 is 0 Å². The van der Waals surface area contributed by atoms with E-state index in [0.717, 1.165) is 0 Å². The zero-order valence-electron chi connectivity index (χ0n) is 18.6. The van der Waals surface area contributed by atoms with E-state index in [9.17, 15) is 0 Å². The summed E-state index contributed by atoms with van der Waals surface area (Å²) in [5.41, 5.74) is 9.80. The third kappa shape index (κ3) is 4.14. The molecule has 0 heterocycles. The SMILES string of the molecule is CCC1(CC2=Cc3c(-c4ccccc4C(C)(C)C)cccc3[CH]2[Zr])CCCCC1. The summed E-state index contributed by atoms with van der Waals surface area (Å²) in [5, 5.41) is 0. The van der Waals surface area contributed by atoms with Gasteiger partial charge in [0.2, 0.25) is 0 Å². The molecule has 0 spiro atoms. The van der Waals surface area contributed by atoms with Crippen molar-refractivity contribution in [2.45, 2.75) is 81.7 Å². The summed E-state index contributed by atoms with van der Waals surface area (Å²) >= 11 is 1.64. The number of benzene rings is 2. The van der Waals surface area contributed by atoms with Crippen LogP contribution >= 0.6 is 0 Å². The van der Waals surface area contributed by atoms with Gasteiger partial charge in [-0.1, -0.05) is 0 Å². The number of hydrogen-bond acceptors (Lipinski definition) is 0. The Morgan fingerprint density at radius 2 is 1.62 bits per heavy atom. The van der Waals surface area contributed by atoms with Gasteiger partial charge in [0.15, 0.2) is 0 Å². The molecule has 2 aliphatic carbocycles. The quantitative estimate of drug-likeness (QED) is 0.428. The third-order valence-electron chi connectivity index (χ3n) is 7.42. The Hall–Kier alpha value is -0.937. The first-order valence-corrected chi connectivity index (χ1v) is 12.9. The summed E-state index contributed by atoms with van der Waals surface area (Å²) in [4.78, 5) is 0. The molecule has 151 valence electrons. The van der Waals surface area contributed by atoms with Crippen LogP contribution in [0.25, 0.3) is 17.2 Å². The maximum atomic E-state index is 2.59. The van der Waals surface area contributed by atoms with Crippen LogP contribution in [-0.4, -0.2) is 0 Å². The van der Waals surface area contributed by atoms with Gasteiger partial charge in [0.1, 0.15) is 0 Å². The molecule has 2 aromatic carbocycles. The molecule has 1 heteroatoms. The molecule has 0 radical (unpaired) electrons. The predicted octanol–water partition coefficient (Wildman–Crippen LogP) is 8.39. The number of allylic oxidation sites excluding steroid dienone is 1. The van der Waals surface area contributed by atoms with Crippen LogP contribution in [0, 0.1) is 5.41 Å². The molecular formula is C28H35Zr. The van der Waals surface area contributed by atoms with Gasteiger partial charge in [-0.05, 0) is 0 Å². The fourth-order valence-electron chi connectivity index (χ4n) is 5.61. The Kier molecular flexibility index (Phi) is 6.10. The second-order valence-electron chi connectivity index (χ2n) is 10.3. The van der Waals surface area contributed by atoms with Crippen molar-refractivity contribution in [2.24, 2.45) is 5.41 Å². The van der Waals surface area contributed by atoms with Gasteiger partial charge in [-0.15, -0.1) is 0 Å². The van der Waals surface area contributed by atoms with Crippen molar-refractivity contribution in [1.29, 1.82) is 0 Å². The monoisotopic (exact) mass is 461 g/mol. The van der Waals surface area contributed by atoms with Crippen molar-refractivity contribution in [3.8, 4) is 11.1 Å². The Bertz CT molecular complexity index is 906. The van der Waals surface area contributed by atoms with Crippen molar-refractivity contribution in [3.05, 3.63) is 64.7 Å². The normalized spacial score (nSPS) is 20.9. The van der Waals surface area contributed by atoms with Gasteiger partial charge in [-0.3, -0.25) is 0 Å². The van der Waals surface area contributed by atoms with E-state index in [-0.39, 0.29) is 5.41 Å². The summed E-state index contributed by atoms with van der Waals surface area (Å²) in [6.07, 6.45) is 12.4. The van der Waals surface area contributed by atoms with E-state index in [4.69, 9.17) is 0 Å². The Labute approximate surface area is 193 Å². The topological polar surface area (TPSA) is 0 Å². The van der Waals surface area contributed by atoms with Crippen molar-refractivity contribution in [2.75, 3.05) is 0 Å². The molecular weight excluding hydrogens is 428 g/mol. The second-order valence-corrected chi connectivity index (χ2v) is 11.8. The van der Waals surface area contributed by atoms with Crippen LogP contribution in [0.3, 0.4) is 0 Å². The first kappa shape index (κ1) is 21.3. The van der Waals surface area contributed by atoms with Crippen LogP contribution in [-0.2, 0) is 30.1 Å². The van der Waals surface area contributed by atoms with Gasteiger partial charge >= 0.3 is 194 Å². The van der Waals surface area contributed by atoms with Crippen LogP contribution in [0.4, 0.5) is 0 Å². The fourth-order valence-corrected chi connectivity index (χ4v) is 6.69. The van der Waals surface area contributed by atoms with E-state index in [1.807, 2.05) is 0 Å². The molecule has 0 nitrogen and oxygen atoms in total. The van der Waals surface area contributed by atoms with E-state index in [2.05, 4.69) is 76.2 Å². The van der Waals surface area contributed by atoms with E-state index < -0.39 is 0 Å². The van der Waals surface area contributed by atoms with E-state index in [1.54, 1.807) is 35.9 Å². The van der Waals surface area contributed by atoms with Gasteiger partial charge in [0.25, 0.3) is 0 Å². The number of fused-ring (bicyclic) bond motifs is 1. The van der Waals surface area contributed by atoms with Gasteiger partial charge in [-0.25, -0.2) is 0 Å². The van der Waals surface area contributed by atoms with Crippen molar-refractivity contribution in [1.82, 2.24) is 0 Å². The van der Waals surface area contributed by atoms with Crippen LogP contribution in [0.5, 0.6) is 0 Å². The molecule has 0 aliphatic heterocycles. The molecule has 0 bridgehead atoms. The molecule has 4 rings (SSSR count). The minimum absolute atomic E-state index is 0.149. The molecule has 1 fully saturated rings. The molecule has 2 aromatic rings. The van der Waals surface area contributed by atoms with Gasteiger partial charge in [0, 0.05) is 0 Å². The Balaban J connectivity index is 1.76.